The number of esters is 1. The van der Waals surface area contributed by atoms with Crippen LogP contribution in [0.2, 0.25) is 5.02 Å². The molecule has 0 spiro atoms. The summed E-state index contributed by atoms with van der Waals surface area (Å²) in [4.78, 5) is 11.6. The van der Waals surface area contributed by atoms with Crippen molar-refractivity contribution in [2.75, 3.05) is 13.8 Å². The number of hydrogen-bond acceptors (Lipinski definition) is 4. The maximum absolute atomic E-state index is 12.5. The van der Waals surface area contributed by atoms with E-state index in [1.165, 1.54) is 11.8 Å². The summed E-state index contributed by atoms with van der Waals surface area (Å²) in [5, 5.41) is 8.07. The number of aromatic nitrogens is 3. The van der Waals surface area contributed by atoms with Gasteiger partial charge in [0.15, 0.2) is 5.69 Å². The van der Waals surface area contributed by atoms with Crippen LogP contribution in [-0.2, 0) is 11.3 Å². The summed E-state index contributed by atoms with van der Waals surface area (Å²) >= 11 is 5.81. The molecule has 0 fully saturated rings. The van der Waals surface area contributed by atoms with Gasteiger partial charge in [0.1, 0.15) is 12.4 Å². The van der Waals surface area contributed by atoms with Crippen LogP contribution < -0.4 is 0 Å². The van der Waals surface area contributed by atoms with Crippen LogP contribution in [-0.4, -0.2) is 34.7 Å². The smallest absolute Gasteiger partial charge is 0.360 e. The van der Waals surface area contributed by atoms with Gasteiger partial charge in [0, 0.05) is 10.6 Å². The minimum Gasteiger partial charge on any atom is -0.464 e. The van der Waals surface area contributed by atoms with E-state index in [2.05, 4.69) is 15.0 Å². The van der Waals surface area contributed by atoms with Gasteiger partial charge in [0.25, 0.3) is 0 Å². The average molecular weight is 284 g/mol. The number of ether oxygens (including phenoxy) is 1. The Morgan fingerprint density at radius 2 is 2.11 bits per heavy atom. The van der Waals surface area contributed by atoms with Crippen molar-refractivity contribution in [2.45, 2.75) is 6.54 Å². The van der Waals surface area contributed by atoms with Crippen LogP contribution in [0.25, 0.3) is 11.3 Å². The molecule has 0 aliphatic heterocycles. The molecule has 0 amide bonds. The van der Waals surface area contributed by atoms with Gasteiger partial charge in [-0.25, -0.2) is 13.9 Å². The van der Waals surface area contributed by atoms with E-state index in [-0.39, 0.29) is 12.2 Å². The van der Waals surface area contributed by atoms with E-state index in [4.69, 9.17) is 11.6 Å². The van der Waals surface area contributed by atoms with Crippen LogP contribution >= 0.6 is 11.6 Å². The Kier molecular flexibility index (Phi) is 4.11. The van der Waals surface area contributed by atoms with Crippen LogP contribution in [0.1, 0.15) is 10.5 Å². The van der Waals surface area contributed by atoms with E-state index in [1.54, 1.807) is 24.3 Å². The Labute approximate surface area is 113 Å². The first-order chi connectivity index (χ1) is 9.17. The zero-order chi connectivity index (χ0) is 13.8. The second-order valence-electron chi connectivity index (χ2n) is 3.70. The van der Waals surface area contributed by atoms with Crippen LogP contribution in [0.4, 0.5) is 4.39 Å². The lowest BCUT2D eigenvalue weighted by atomic mass is 10.1. The highest BCUT2D eigenvalue weighted by molar-refractivity contribution is 6.30. The molecule has 2 rings (SSSR count). The molecule has 19 heavy (non-hydrogen) atoms. The molecule has 0 N–H and O–H groups in total. The van der Waals surface area contributed by atoms with Gasteiger partial charge in [0.05, 0.1) is 13.7 Å². The maximum atomic E-state index is 12.5. The molecule has 0 saturated carbocycles. The van der Waals surface area contributed by atoms with E-state index in [1.807, 2.05) is 0 Å². The molecule has 5 nitrogen and oxygen atoms in total. The number of carbonyl (C=O) groups excluding carboxylic acids is 1. The Balaban J connectivity index is 2.54. The van der Waals surface area contributed by atoms with Crippen LogP contribution in [0.3, 0.4) is 0 Å². The number of rotatable bonds is 4. The normalized spacial score (nSPS) is 10.5. The number of methoxy groups -OCH3 is 1. The minimum absolute atomic E-state index is 0.0158. The lowest BCUT2D eigenvalue weighted by Gasteiger charge is -2.06. The Morgan fingerprint density at radius 1 is 1.42 bits per heavy atom. The van der Waals surface area contributed by atoms with Crippen molar-refractivity contribution in [3.63, 3.8) is 0 Å². The van der Waals surface area contributed by atoms with Crippen LogP contribution in [0, 0.1) is 0 Å². The summed E-state index contributed by atoms with van der Waals surface area (Å²) in [6, 6.07) is 6.76. The quantitative estimate of drug-likeness (QED) is 0.808. The lowest BCUT2D eigenvalue weighted by Crippen LogP contribution is -2.07. The van der Waals surface area contributed by atoms with Gasteiger partial charge in [-0.15, -0.1) is 5.10 Å². The number of aryl methyl sites for hydroxylation is 1. The molecule has 0 aliphatic carbocycles. The molecule has 7 heteroatoms. The van der Waals surface area contributed by atoms with Crippen molar-refractivity contribution in [3.05, 3.63) is 35.0 Å². The Hall–Kier alpha value is -1.95. The average Bonchev–Trinajstić information content (AvgIpc) is 2.83. The fourth-order valence-electron chi connectivity index (χ4n) is 1.68. The zero-order valence-electron chi connectivity index (χ0n) is 10.1. The topological polar surface area (TPSA) is 57.0 Å². The third-order valence-corrected chi connectivity index (χ3v) is 2.78. The summed E-state index contributed by atoms with van der Waals surface area (Å²) in [6.45, 7) is -0.591. The third kappa shape index (κ3) is 2.73. The number of carbonyl (C=O) groups is 1. The third-order valence-electron chi connectivity index (χ3n) is 2.53. The summed E-state index contributed by atoms with van der Waals surface area (Å²) in [5.74, 6) is -0.616. The summed E-state index contributed by atoms with van der Waals surface area (Å²) in [7, 11) is 1.25. The minimum atomic E-state index is -0.616. The van der Waals surface area contributed by atoms with E-state index in [9.17, 15) is 9.18 Å². The highest BCUT2D eigenvalue weighted by atomic mass is 35.5. The van der Waals surface area contributed by atoms with E-state index in [0.717, 1.165) is 0 Å². The molecule has 1 heterocycles. The van der Waals surface area contributed by atoms with E-state index >= 15 is 0 Å². The lowest BCUT2D eigenvalue weighted by molar-refractivity contribution is 0.0595. The molecule has 0 bridgehead atoms. The van der Waals surface area contributed by atoms with Gasteiger partial charge in [-0.3, -0.25) is 0 Å². The zero-order valence-corrected chi connectivity index (χ0v) is 10.9. The summed E-state index contributed by atoms with van der Waals surface area (Å²) in [5.41, 5.74) is 1.14. The highest BCUT2D eigenvalue weighted by Crippen LogP contribution is 2.24. The van der Waals surface area contributed by atoms with Crippen molar-refractivity contribution in [1.29, 1.82) is 0 Å². The predicted octanol–water partition coefficient (Wildman–Crippen LogP) is 2.35. The van der Waals surface area contributed by atoms with Gasteiger partial charge < -0.3 is 4.74 Å². The molecule has 0 aliphatic rings. The second kappa shape index (κ2) is 5.79. The highest BCUT2D eigenvalue weighted by Gasteiger charge is 2.21. The van der Waals surface area contributed by atoms with Crippen molar-refractivity contribution in [3.8, 4) is 11.3 Å². The predicted molar refractivity (Wildman–Crippen MR) is 67.8 cm³/mol. The second-order valence-corrected chi connectivity index (χ2v) is 4.13. The van der Waals surface area contributed by atoms with E-state index < -0.39 is 12.6 Å². The van der Waals surface area contributed by atoms with Crippen molar-refractivity contribution in [1.82, 2.24) is 15.0 Å². The molecule has 1 aromatic heterocycles. The first-order valence-corrected chi connectivity index (χ1v) is 5.89. The summed E-state index contributed by atoms with van der Waals surface area (Å²) in [6.07, 6.45) is 0. The standard InChI is InChI=1S/C12H11ClFN3O2/c1-19-12(18)10-11(17(7-6-14)16-15-10)8-2-4-9(13)5-3-8/h2-5H,6-7H2,1H3. The fraction of sp³-hybridized carbons (Fsp3) is 0.250. The first kappa shape index (κ1) is 13.5. The molecule has 0 atom stereocenters. The molecular weight excluding hydrogens is 273 g/mol. The number of nitrogens with zero attached hydrogens (tertiary/aromatic N) is 3. The molecule has 0 radical (unpaired) electrons. The first-order valence-electron chi connectivity index (χ1n) is 5.51. The Bertz CT molecular complexity index is 583. The van der Waals surface area contributed by atoms with Gasteiger partial charge in [0.2, 0.25) is 0 Å². The largest absolute Gasteiger partial charge is 0.464 e. The molecule has 2 aromatic rings. The molecule has 0 unspecified atom stereocenters. The monoisotopic (exact) mass is 283 g/mol. The number of hydrogen-bond donors (Lipinski definition) is 0. The molecule has 0 saturated heterocycles. The van der Waals surface area contributed by atoms with Gasteiger partial charge >= 0.3 is 5.97 Å². The Morgan fingerprint density at radius 3 is 2.68 bits per heavy atom. The van der Waals surface area contributed by atoms with Crippen molar-refractivity contribution < 1.29 is 13.9 Å². The number of alkyl halides is 1. The SMILES string of the molecule is COC(=O)c1nnn(CCF)c1-c1ccc(Cl)cc1. The van der Waals surface area contributed by atoms with Crippen LogP contribution in [0.5, 0.6) is 0 Å². The van der Waals surface area contributed by atoms with Crippen LogP contribution in [0.15, 0.2) is 24.3 Å². The van der Waals surface area contributed by atoms with Gasteiger partial charge in [-0.2, -0.15) is 0 Å². The van der Waals surface area contributed by atoms with Gasteiger partial charge in [-0.1, -0.05) is 28.9 Å². The number of benzene rings is 1. The fourth-order valence-corrected chi connectivity index (χ4v) is 1.80. The number of halogens is 2. The molecule has 100 valence electrons. The van der Waals surface area contributed by atoms with E-state index in [0.29, 0.717) is 16.3 Å². The molecule has 1 aromatic carbocycles. The van der Waals surface area contributed by atoms with Gasteiger partial charge in [-0.05, 0) is 12.1 Å². The summed E-state index contributed by atoms with van der Waals surface area (Å²) < 4.78 is 18.5. The van der Waals surface area contributed by atoms with Crippen molar-refractivity contribution >= 4 is 17.6 Å². The van der Waals surface area contributed by atoms with Crippen molar-refractivity contribution in [2.24, 2.45) is 0 Å². The molecular formula is C12H11ClFN3O2. The maximum Gasteiger partial charge on any atom is 0.360 e.